The number of ether oxygens (including phenoxy) is 2. The summed E-state index contributed by atoms with van der Waals surface area (Å²) in [6.07, 6.45) is 1.09. The van der Waals surface area contributed by atoms with Gasteiger partial charge in [-0.1, -0.05) is 30.3 Å². The fourth-order valence-electron chi connectivity index (χ4n) is 3.18. The Hall–Kier alpha value is -2.00. The number of rotatable bonds is 3. The first-order valence-corrected chi connectivity index (χ1v) is 7.20. The minimum Gasteiger partial charge on any atom is -0.493 e. The lowest BCUT2D eigenvalue weighted by atomic mass is 9.77. The summed E-state index contributed by atoms with van der Waals surface area (Å²) in [4.78, 5) is 0. The Morgan fingerprint density at radius 2 is 1.67 bits per heavy atom. The maximum absolute atomic E-state index is 10.2. The van der Waals surface area contributed by atoms with Crippen molar-refractivity contribution < 1.29 is 14.6 Å². The molecule has 0 amide bonds. The zero-order valence-corrected chi connectivity index (χ0v) is 12.4. The lowest BCUT2D eigenvalue weighted by Gasteiger charge is -2.30. The van der Waals surface area contributed by atoms with Crippen molar-refractivity contribution in [2.45, 2.75) is 24.9 Å². The Bertz CT molecular complexity index is 622. The van der Waals surface area contributed by atoms with Crippen LogP contribution in [0.1, 0.15) is 29.0 Å². The van der Waals surface area contributed by atoms with Crippen molar-refractivity contribution in [3.63, 3.8) is 0 Å². The number of benzene rings is 2. The quantitative estimate of drug-likeness (QED) is 0.941. The highest BCUT2D eigenvalue weighted by atomic mass is 16.5. The highest BCUT2D eigenvalue weighted by Crippen LogP contribution is 2.41. The molecule has 0 aliphatic heterocycles. The second-order valence-corrected chi connectivity index (χ2v) is 5.46. The maximum Gasteiger partial charge on any atom is 0.161 e. The lowest BCUT2D eigenvalue weighted by Crippen LogP contribution is -2.23. The van der Waals surface area contributed by atoms with Gasteiger partial charge in [-0.15, -0.1) is 0 Å². The lowest BCUT2D eigenvalue weighted by molar-refractivity contribution is 0.151. The molecule has 2 aromatic carbocycles. The molecule has 0 saturated heterocycles. The van der Waals surface area contributed by atoms with E-state index >= 15 is 0 Å². The van der Waals surface area contributed by atoms with E-state index in [4.69, 9.17) is 9.47 Å². The molecular formula is C18H20O3. The third kappa shape index (κ3) is 2.61. The minimum absolute atomic E-state index is 0.199. The Morgan fingerprint density at radius 3 is 2.33 bits per heavy atom. The molecule has 110 valence electrons. The summed E-state index contributed by atoms with van der Waals surface area (Å²) < 4.78 is 10.8. The van der Waals surface area contributed by atoms with Gasteiger partial charge in [-0.2, -0.15) is 0 Å². The van der Waals surface area contributed by atoms with Crippen LogP contribution in [0.3, 0.4) is 0 Å². The van der Waals surface area contributed by atoms with Gasteiger partial charge in [0.05, 0.1) is 20.3 Å². The van der Waals surface area contributed by atoms with Crippen molar-refractivity contribution in [2.75, 3.05) is 14.2 Å². The SMILES string of the molecule is COc1cc2c(cc1OC)[C@H](c1ccccc1)C[C@@H](O)C2. The van der Waals surface area contributed by atoms with E-state index in [9.17, 15) is 5.11 Å². The summed E-state index contributed by atoms with van der Waals surface area (Å²) >= 11 is 0. The molecule has 1 aliphatic carbocycles. The Morgan fingerprint density at radius 1 is 1.00 bits per heavy atom. The van der Waals surface area contributed by atoms with Crippen molar-refractivity contribution in [3.05, 3.63) is 59.2 Å². The normalized spacial score (nSPS) is 20.7. The van der Waals surface area contributed by atoms with Crippen molar-refractivity contribution in [3.8, 4) is 11.5 Å². The molecule has 3 nitrogen and oxygen atoms in total. The summed E-state index contributed by atoms with van der Waals surface area (Å²) in [5.41, 5.74) is 3.59. The van der Waals surface area contributed by atoms with E-state index in [1.165, 1.54) is 11.1 Å². The Kier molecular flexibility index (Phi) is 3.84. The Labute approximate surface area is 125 Å². The average Bonchev–Trinajstić information content (AvgIpc) is 2.53. The van der Waals surface area contributed by atoms with Crippen LogP contribution in [0.5, 0.6) is 11.5 Å². The molecule has 0 radical (unpaired) electrons. The first-order chi connectivity index (χ1) is 10.2. The van der Waals surface area contributed by atoms with E-state index in [1.54, 1.807) is 14.2 Å². The maximum atomic E-state index is 10.2. The molecule has 0 fully saturated rings. The molecule has 1 aliphatic rings. The van der Waals surface area contributed by atoms with E-state index < -0.39 is 0 Å². The Balaban J connectivity index is 2.11. The third-order valence-corrected chi connectivity index (χ3v) is 4.19. The second-order valence-electron chi connectivity index (χ2n) is 5.46. The van der Waals surface area contributed by atoms with Crippen LogP contribution in [0.2, 0.25) is 0 Å². The van der Waals surface area contributed by atoms with Crippen molar-refractivity contribution >= 4 is 0 Å². The van der Waals surface area contributed by atoms with Gasteiger partial charge in [0.25, 0.3) is 0 Å². The van der Waals surface area contributed by atoms with E-state index in [1.807, 2.05) is 24.3 Å². The van der Waals surface area contributed by atoms with Crippen LogP contribution in [0, 0.1) is 0 Å². The van der Waals surface area contributed by atoms with Crippen LogP contribution >= 0.6 is 0 Å². The molecule has 21 heavy (non-hydrogen) atoms. The fraction of sp³-hybridized carbons (Fsp3) is 0.333. The van der Waals surface area contributed by atoms with E-state index in [2.05, 4.69) is 18.2 Å². The van der Waals surface area contributed by atoms with Crippen molar-refractivity contribution in [1.82, 2.24) is 0 Å². The molecule has 0 spiro atoms. The van der Waals surface area contributed by atoms with Crippen molar-refractivity contribution in [2.24, 2.45) is 0 Å². The van der Waals surface area contributed by atoms with Gasteiger partial charge in [-0.05, 0) is 41.7 Å². The molecule has 2 aromatic rings. The molecule has 0 saturated carbocycles. The third-order valence-electron chi connectivity index (χ3n) is 4.19. The number of aliphatic hydroxyl groups excluding tert-OH is 1. The first-order valence-electron chi connectivity index (χ1n) is 7.20. The summed E-state index contributed by atoms with van der Waals surface area (Å²) in [6.45, 7) is 0. The number of aliphatic hydroxyl groups is 1. The van der Waals surface area contributed by atoms with Crippen LogP contribution in [0.25, 0.3) is 0 Å². The second kappa shape index (κ2) is 5.78. The van der Waals surface area contributed by atoms with Crippen LogP contribution in [-0.2, 0) is 6.42 Å². The van der Waals surface area contributed by atoms with Gasteiger partial charge < -0.3 is 14.6 Å². The van der Waals surface area contributed by atoms with E-state index in [-0.39, 0.29) is 12.0 Å². The van der Waals surface area contributed by atoms with Crippen molar-refractivity contribution in [1.29, 1.82) is 0 Å². The van der Waals surface area contributed by atoms with Crippen LogP contribution in [0.15, 0.2) is 42.5 Å². The smallest absolute Gasteiger partial charge is 0.161 e. The van der Waals surface area contributed by atoms with Gasteiger partial charge in [0.15, 0.2) is 11.5 Å². The number of hydrogen-bond donors (Lipinski definition) is 1. The molecule has 0 bridgehead atoms. The molecule has 3 heteroatoms. The highest BCUT2D eigenvalue weighted by Gasteiger charge is 2.28. The molecule has 1 N–H and O–H groups in total. The molecule has 0 unspecified atom stereocenters. The summed E-state index contributed by atoms with van der Waals surface area (Å²) in [5.74, 6) is 1.66. The standard InChI is InChI=1S/C18H20O3/c1-20-17-9-13-8-14(19)10-15(12-6-4-3-5-7-12)16(13)11-18(17)21-2/h3-7,9,11,14-15,19H,8,10H2,1-2H3/t14-,15-/m0/s1. The topological polar surface area (TPSA) is 38.7 Å². The van der Waals surface area contributed by atoms with Gasteiger partial charge in [0, 0.05) is 5.92 Å². The number of hydrogen-bond acceptors (Lipinski definition) is 3. The summed E-state index contributed by atoms with van der Waals surface area (Å²) in [6, 6.07) is 14.4. The van der Waals surface area contributed by atoms with E-state index in [0.29, 0.717) is 6.42 Å². The first kappa shape index (κ1) is 14.0. The monoisotopic (exact) mass is 284 g/mol. The van der Waals surface area contributed by atoms with Gasteiger partial charge >= 0.3 is 0 Å². The van der Waals surface area contributed by atoms with Crippen LogP contribution < -0.4 is 9.47 Å². The molecule has 2 atom stereocenters. The number of fused-ring (bicyclic) bond motifs is 1. The zero-order chi connectivity index (χ0) is 14.8. The van der Waals surface area contributed by atoms with Gasteiger partial charge in [0.1, 0.15) is 0 Å². The largest absolute Gasteiger partial charge is 0.493 e. The number of methoxy groups -OCH3 is 2. The van der Waals surface area contributed by atoms with Crippen LogP contribution in [0.4, 0.5) is 0 Å². The average molecular weight is 284 g/mol. The zero-order valence-electron chi connectivity index (χ0n) is 12.4. The van der Waals surface area contributed by atoms with E-state index in [0.717, 1.165) is 23.5 Å². The highest BCUT2D eigenvalue weighted by molar-refractivity contribution is 5.52. The summed E-state index contributed by atoms with van der Waals surface area (Å²) in [5, 5.41) is 10.2. The molecule has 0 aromatic heterocycles. The predicted molar refractivity (Wildman–Crippen MR) is 82.2 cm³/mol. The fourth-order valence-corrected chi connectivity index (χ4v) is 3.18. The molecule has 0 heterocycles. The summed E-state index contributed by atoms with van der Waals surface area (Å²) in [7, 11) is 3.29. The minimum atomic E-state index is -0.319. The van der Waals surface area contributed by atoms with Crippen LogP contribution in [-0.4, -0.2) is 25.4 Å². The predicted octanol–water partition coefficient (Wildman–Crippen LogP) is 3.14. The van der Waals surface area contributed by atoms with Gasteiger partial charge in [0.2, 0.25) is 0 Å². The molecule has 3 rings (SSSR count). The molecular weight excluding hydrogens is 264 g/mol. The van der Waals surface area contributed by atoms with Gasteiger partial charge in [-0.25, -0.2) is 0 Å². The van der Waals surface area contributed by atoms with Gasteiger partial charge in [-0.3, -0.25) is 0 Å².